The highest BCUT2D eigenvalue weighted by Crippen LogP contribution is 2.41. The first kappa shape index (κ1) is 35.3. The van der Waals surface area contributed by atoms with Crippen molar-refractivity contribution in [3.8, 4) is 11.4 Å². The van der Waals surface area contributed by atoms with Crippen molar-refractivity contribution in [2.24, 2.45) is 23.7 Å². The zero-order valence-corrected chi connectivity index (χ0v) is 28.2. The van der Waals surface area contributed by atoms with E-state index < -0.39 is 41.5 Å². The number of hydrogen-bond acceptors (Lipinski definition) is 5. The van der Waals surface area contributed by atoms with Gasteiger partial charge < -0.3 is 15.3 Å². The number of carboxylic acids is 1. The molecule has 2 atom stereocenters. The summed E-state index contributed by atoms with van der Waals surface area (Å²) in [7, 11) is 0. The molecule has 1 saturated heterocycles. The Kier molecular flexibility index (Phi) is 10.7. The Morgan fingerprint density at radius 3 is 2.12 bits per heavy atom. The van der Waals surface area contributed by atoms with Gasteiger partial charge in [-0.15, -0.1) is 0 Å². The molecule has 0 radical (unpaired) electrons. The molecule has 8 nitrogen and oxygen atoms in total. The summed E-state index contributed by atoms with van der Waals surface area (Å²) in [5.41, 5.74) is 2.93. The third kappa shape index (κ3) is 8.25. The van der Waals surface area contributed by atoms with Crippen LogP contribution in [0.3, 0.4) is 0 Å². The Labute approximate surface area is 290 Å². The van der Waals surface area contributed by atoms with Crippen LogP contribution in [0.5, 0.6) is 0 Å². The van der Waals surface area contributed by atoms with Gasteiger partial charge in [0.25, 0.3) is 5.91 Å². The molecule has 2 aromatic carbocycles. The molecule has 0 spiro atoms. The lowest BCUT2D eigenvalue weighted by molar-refractivity contribution is -0.153. The summed E-state index contributed by atoms with van der Waals surface area (Å²) in [6, 6.07) is 9.98. The number of carboxylic acid groups (broad SMARTS) is 1. The second-order valence-electron chi connectivity index (χ2n) is 14.0. The zero-order chi connectivity index (χ0) is 35.4. The molecule has 2 N–H and O–H groups in total. The second kappa shape index (κ2) is 15.1. The standard InChI is InChI=1S/C39H43F3N4O4/c1-2-24-3-7-26(8-4-24)27-11-13-28(14-12-27)31-20-43-35(44-21-31)29-9-5-25(6-10-29)19-34(37(48)46-22-32(23-46)38(49)50)45-36(47)30-15-17-33(18-16-30)39(40,41)42/h5-6,9-10,13,15-18,20-21,24,26-27,32,34H,2-4,7-8,11-12,14,19,22-23H2,1H3,(H,45,47)(H,49,50)/t24-,26-,27?,34-/m0/s1. The van der Waals surface area contributed by atoms with Gasteiger partial charge in [0.1, 0.15) is 6.04 Å². The molecule has 6 rings (SSSR count). The van der Waals surface area contributed by atoms with E-state index in [0.29, 0.717) is 5.82 Å². The zero-order valence-electron chi connectivity index (χ0n) is 28.2. The number of aromatic nitrogens is 2. The fourth-order valence-corrected chi connectivity index (χ4v) is 7.57. The van der Waals surface area contributed by atoms with E-state index in [1.165, 1.54) is 49.0 Å². The average molecular weight is 689 g/mol. The molecule has 2 aliphatic carbocycles. The van der Waals surface area contributed by atoms with Gasteiger partial charge in [-0.2, -0.15) is 13.2 Å². The fourth-order valence-electron chi connectivity index (χ4n) is 7.57. The summed E-state index contributed by atoms with van der Waals surface area (Å²) < 4.78 is 39.0. The third-order valence-electron chi connectivity index (χ3n) is 10.9. The van der Waals surface area contributed by atoms with E-state index in [2.05, 4.69) is 28.3 Å². The Bertz CT molecular complexity index is 1690. The highest BCUT2D eigenvalue weighted by atomic mass is 19.4. The number of benzene rings is 2. The number of likely N-dealkylation sites (tertiary alicyclic amines) is 1. The summed E-state index contributed by atoms with van der Waals surface area (Å²) in [5, 5.41) is 11.9. The number of carbonyl (C=O) groups is 3. The van der Waals surface area contributed by atoms with E-state index in [9.17, 15) is 32.7 Å². The molecule has 3 aromatic rings. The maximum absolute atomic E-state index is 13.4. The van der Waals surface area contributed by atoms with Crippen LogP contribution >= 0.6 is 0 Å². The second-order valence-corrected chi connectivity index (χ2v) is 14.0. The Morgan fingerprint density at radius 1 is 0.900 bits per heavy atom. The Balaban J connectivity index is 1.09. The van der Waals surface area contributed by atoms with E-state index in [1.807, 2.05) is 36.7 Å². The first-order chi connectivity index (χ1) is 24.0. The van der Waals surface area contributed by atoms with E-state index in [-0.39, 0.29) is 25.1 Å². The predicted octanol–water partition coefficient (Wildman–Crippen LogP) is 7.45. The molecule has 2 fully saturated rings. The molecule has 3 aliphatic rings. The summed E-state index contributed by atoms with van der Waals surface area (Å²) in [5.74, 6) is 0.239. The topological polar surface area (TPSA) is 112 Å². The molecule has 11 heteroatoms. The maximum atomic E-state index is 13.4. The minimum Gasteiger partial charge on any atom is -0.481 e. The Morgan fingerprint density at radius 2 is 1.56 bits per heavy atom. The predicted molar refractivity (Wildman–Crippen MR) is 183 cm³/mol. The van der Waals surface area contributed by atoms with Crippen LogP contribution in [0.1, 0.15) is 85.3 Å². The normalized spacial score (nSPS) is 21.9. The van der Waals surface area contributed by atoms with Crippen molar-refractivity contribution in [2.45, 2.75) is 76.9 Å². The lowest BCUT2D eigenvalue weighted by Crippen LogP contribution is -2.59. The van der Waals surface area contributed by atoms with Crippen molar-refractivity contribution in [1.82, 2.24) is 20.2 Å². The van der Waals surface area contributed by atoms with Crippen molar-refractivity contribution < 1.29 is 32.7 Å². The van der Waals surface area contributed by atoms with Crippen LogP contribution in [0.15, 0.2) is 67.0 Å². The van der Waals surface area contributed by atoms with E-state index >= 15 is 0 Å². The van der Waals surface area contributed by atoms with Crippen LogP contribution in [0.4, 0.5) is 13.2 Å². The van der Waals surface area contributed by atoms with Crippen LogP contribution in [0, 0.1) is 23.7 Å². The highest BCUT2D eigenvalue weighted by molar-refractivity contribution is 5.98. The van der Waals surface area contributed by atoms with Crippen LogP contribution in [0.2, 0.25) is 0 Å². The fraction of sp³-hybridized carbons (Fsp3) is 0.462. The number of hydrogen-bond donors (Lipinski definition) is 2. The van der Waals surface area contributed by atoms with Gasteiger partial charge in [-0.05, 0) is 85.3 Å². The van der Waals surface area contributed by atoms with Gasteiger partial charge in [0.15, 0.2) is 5.82 Å². The van der Waals surface area contributed by atoms with Crippen molar-refractivity contribution in [3.05, 3.63) is 89.3 Å². The van der Waals surface area contributed by atoms with Crippen LogP contribution in [-0.4, -0.2) is 56.9 Å². The van der Waals surface area contributed by atoms with Crippen molar-refractivity contribution >= 4 is 23.4 Å². The smallest absolute Gasteiger partial charge is 0.416 e. The Hall–Kier alpha value is -4.54. The van der Waals surface area contributed by atoms with Crippen molar-refractivity contribution in [2.75, 3.05) is 13.1 Å². The largest absolute Gasteiger partial charge is 0.481 e. The number of aliphatic carboxylic acids is 1. The maximum Gasteiger partial charge on any atom is 0.416 e. The van der Waals surface area contributed by atoms with Crippen LogP contribution < -0.4 is 5.32 Å². The molecule has 2 heterocycles. The molecule has 1 unspecified atom stereocenters. The van der Waals surface area contributed by atoms with Gasteiger partial charge in [0.2, 0.25) is 5.91 Å². The third-order valence-corrected chi connectivity index (χ3v) is 10.9. The molecule has 1 aromatic heterocycles. The number of rotatable bonds is 10. The van der Waals surface area contributed by atoms with E-state index in [0.717, 1.165) is 71.6 Å². The summed E-state index contributed by atoms with van der Waals surface area (Å²) in [4.78, 5) is 48.3. The van der Waals surface area contributed by atoms with Gasteiger partial charge in [-0.3, -0.25) is 14.4 Å². The molecule has 2 amide bonds. The summed E-state index contributed by atoms with van der Waals surface area (Å²) in [6.07, 6.45) is 11.8. The quantitative estimate of drug-likeness (QED) is 0.229. The molecular weight excluding hydrogens is 645 g/mol. The lowest BCUT2D eigenvalue weighted by atomic mass is 9.71. The van der Waals surface area contributed by atoms with Gasteiger partial charge in [0, 0.05) is 48.6 Å². The van der Waals surface area contributed by atoms with Gasteiger partial charge in [-0.1, -0.05) is 56.5 Å². The minimum absolute atomic E-state index is 0.0184. The number of nitrogens with one attached hydrogen (secondary N) is 1. The average Bonchev–Trinajstić information content (AvgIpc) is 3.10. The van der Waals surface area contributed by atoms with Crippen LogP contribution in [-0.2, 0) is 22.2 Å². The van der Waals surface area contributed by atoms with E-state index in [4.69, 9.17) is 0 Å². The van der Waals surface area contributed by atoms with Crippen molar-refractivity contribution in [3.63, 3.8) is 0 Å². The number of amides is 2. The van der Waals surface area contributed by atoms with Gasteiger partial charge in [0.05, 0.1) is 11.5 Å². The SMILES string of the molecule is CC[C@H]1CC[C@H](C2CC=C(c3cnc(-c4ccc(C[C@H](NC(=O)c5ccc(C(F)(F)F)cc5)C(=O)N5CC(C(=O)O)C5)cc4)nc3)CC2)CC1. The molecule has 1 saturated carbocycles. The molecule has 1 aliphatic heterocycles. The monoisotopic (exact) mass is 688 g/mol. The van der Waals surface area contributed by atoms with Gasteiger partial charge >= 0.3 is 12.1 Å². The minimum atomic E-state index is -4.55. The van der Waals surface area contributed by atoms with Gasteiger partial charge in [-0.25, -0.2) is 9.97 Å². The number of allylic oxidation sites excluding steroid dienone is 2. The number of nitrogens with zero attached hydrogens (tertiary/aromatic N) is 3. The van der Waals surface area contributed by atoms with E-state index in [1.54, 1.807) is 0 Å². The molecular formula is C39H43F3N4O4. The number of carbonyl (C=O) groups excluding carboxylic acids is 2. The summed E-state index contributed by atoms with van der Waals surface area (Å²) >= 11 is 0. The van der Waals surface area contributed by atoms with Crippen molar-refractivity contribution in [1.29, 1.82) is 0 Å². The number of halogens is 3. The molecule has 50 heavy (non-hydrogen) atoms. The number of alkyl halides is 3. The first-order valence-corrected chi connectivity index (χ1v) is 17.6. The highest BCUT2D eigenvalue weighted by Gasteiger charge is 2.39. The summed E-state index contributed by atoms with van der Waals surface area (Å²) in [6.45, 7) is 2.34. The van der Waals surface area contributed by atoms with Crippen LogP contribution in [0.25, 0.3) is 17.0 Å². The molecule has 264 valence electrons. The lowest BCUT2D eigenvalue weighted by Gasteiger charge is -2.39. The first-order valence-electron chi connectivity index (χ1n) is 17.6. The molecule has 0 bridgehead atoms.